The summed E-state index contributed by atoms with van der Waals surface area (Å²) >= 11 is 0. The quantitative estimate of drug-likeness (QED) is 0.484. The van der Waals surface area contributed by atoms with Crippen LogP contribution >= 0.6 is 0 Å². The zero-order valence-electron chi connectivity index (χ0n) is 4.97. The Morgan fingerprint density at radius 2 is 2.25 bits per heavy atom. The zero-order valence-corrected chi connectivity index (χ0v) is 4.97. The van der Waals surface area contributed by atoms with Gasteiger partial charge in [-0.15, -0.1) is 6.58 Å². The molecule has 1 atom stereocenters. The zero-order chi connectivity index (χ0) is 5.98. The molecule has 1 saturated carbocycles. The minimum absolute atomic E-state index is 0.424. The molecule has 1 fully saturated rings. The van der Waals surface area contributed by atoms with Crippen molar-refractivity contribution in [3.8, 4) is 0 Å². The Labute approximate surface area is 50.0 Å². The SMILES string of the molecule is C=CC([O])C1CCC1. The second-order valence-electron chi connectivity index (χ2n) is 2.39. The van der Waals surface area contributed by atoms with E-state index in [-0.39, 0.29) is 0 Å². The van der Waals surface area contributed by atoms with Crippen molar-refractivity contribution in [3.63, 3.8) is 0 Å². The molecule has 1 rings (SSSR count). The fourth-order valence-electron chi connectivity index (χ4n) is 0.961. The Kier molecular flexibility index (Phi) is 1.69. The van der Waals surface area contributed by atoms with Crippen molar-refractivity contribution < 1.29 is 5.11 Å². The van der Waals surface area contributed by atoms with Crippen LogP contribution in [0.3, 0.4) is 0 Å². The van der Waals surface area contributed by atoms with Crippen LogP contribution in [0.15, 0.2) is 12.7 Å². The number of hydrogen-bond donors (Lipinski definition) is 0. The predicted octanol–water partition coefficient (Wildman–Crippen LogP) is 1.77. The first-order valence-corrected chi connectivity index (χ1v) is 3.13. The largest absolute Gasteiger partial charge is 0.228 e. The van der Waals surface area contributed by atoms with Crippen LogP contribution < -0.4 is 0 Å². The van der Waals surface area contributed by atoms with Crippen molar-refractivity contribution in [1.82, 2.24) is 0 Å². The monoisotopic (exact) mass is 111 g/mol. The maximum Gasteiger partial charge on any atom is 0.114 e. The van der Waals surface area contributed by atoms with E-state index in [2.05, 4.69) is 6.58 Å². The lowest BCUT2D eigenvalue weighted by Gasteiger charge is -2.26. The Morgan fingerprint density at radius 3 is 2.38 bits per heavy atom. The van der Waals surface area contributed by atoms with Crippen molar-refractivity contribution in [2.24, 2.45) is 5.92 Å². The summed E-state index contributed by atoms with van der Waals surface area (Å²) in [6.45, 7) is 3.45. The first kappa shape index (κ1) is 5.83. The van der Waals surface area contributed by atoms with Gasteiger partial charge in [-0.05, 0) is 18.8 Å². The van der Waals surface area contributed by atoms with Crippen molar-refractivity contribution in [2.75, 3.05) is 0 Å². The summed E-state index contributed by atoms with van der Waals surface area (Å²) in [5.74, 6) is 0.424. The molecule has 1 radical (unpaired) electrons. The molecule has 0 spiro atoms. The Hall–Kier alpha value is -0.300. The van der Waals surface area contributed by atoms with Crippen LogP contribution in [0.25, 0.3) is 0 Å². The summed E-state index contributed by atoms with van der Waals surface area (Å²) in [6.07, 6.45) is 4.53. The third-order valence-corrected chi connectivity index (χ3v) is 1.85. The van der Waals surface area contributed by atoms with E-state index in [0.717, 1.165) is 12.8 Å². The highest BCUT2D eigenvalue weighted by Gasteiger charge is 2.23. The van der Waals surface area contributed by atoms with Gasteiger partial charge in [-0.25, -0.2) is 5.11 Å². The lowest BCUT2D eigenvalue weighted by molar-refractivity contribution is 0.0403. The molecule has 0 bridgehead atoms. The highest BCUT2D eigenvalue weighted by Crippen LogP contribution is 2.29. The van der Waals surface area contributed by atoms with E-state index in [0.29, 0.717) is 5.92 Å². The highest BCUT2D eigenvalue weighted by molar-refractivity contribution is 4.87. The molecule has 0 heterocycles. The van der Waals surface area contributed by atoms with Gasteiger partial charge in [-0.2, -0.15) is 0 Å². The molecule has 0 aromatic heterocycles. The molecule has 0 aliphatic heterocycles. The van der Waals surface area contributed by atoms with Crippen LogP contribution in [0.2, 0.25) is 0 Å². The molecule has 0 amide bonds. The van der Waals surface area contributed by atoms with Gasteiger partial charge < -0.3 is 0 Å². The van der Waals surface area contributed by atoms with Crippen LogP contribution in [0.4, 0.5) is 0 Å². The topological polar surface area (TPSA) is 19.9 Å². The Bertz CT molecular complexity index is 84.4. The van der Waals surface area contributed by atoms with Crippen LogP contribution in [0.1, 0.15) is 19.3 Å². The standard InChI is InChI=1S/C7H11O/c1-2-7(8)6-4-3-5-6/h2,6-7H,1,3-5H2. The summed E-state index contributed by atoms with van der Waals surface area (Å²) in [5.41, 5.74) is 0. The maximum absolute atomic E-state index is 10.8. The molecule has 8 heavy (non-hydrogen) atoms. The minimum atomic E-state index is -0.483. The van der Waals surface area contributed by atoms with Crippen LogP contribution in [0.5, 0.6) is 0 Å². The summed E-state index contributed by atoms with van der Waals surface area (Å²) in [7, 11) is 0. The second kappa shape index (κ2) is 2.31. The third-order valence-electron chi connectivity index (χ3n) is 1.85. The number of rotatable bonds is 2. The molecule has 1 unspecified atom stereocenters. The van der Waals surface area contributed by atoms with Crippen molar-refractivity contribution in [3.05, 3.63) is 12.7 Å². The van der Waals surface area contributed by atoms with Gasteiger partial charge in [0.1, 0.15) is 6.10 Å². The van der Waals surface area contributed by atoms with Gasteiger partial charge in [0, 0.05) is 0 Å². The normalized spacial score (nSPS) is 24.1. The molecule has 0 N–H and O–H groups in total. The molecule has 0 saturated heterocycles. The van der Waals surface area contributed by atoms with Gasteiger partial charge in [-0.1, -0.05) is 12.5 Å². The fourth-order valence-corrected chi connectivity index (χ4v) is 0.961. The average molecular weight is 111 g/mol. The van der Waals surface area contributed by atoms with E-state index < -0.39 is 6.10 Å². The molecule has 1 nitrogen and oxygen atoms in total. The smallest absolute Gasteiger partial charge is 0.114 e. The van der Waals surface area contributed by atoms with Crippen molar-refractivity contribution >= 4 is 0 Å². The summed E-state index contributed by atoms with van der Waals surface area (Å²) in [5, 5.41) is 10.8. The molecule has 0 aromatic rings. The van der Waals surface area contributed by atoms with E-state index in [9.17, 15) is 5.11 Å². The van der Waals surface area contributed by atoms with Gasteiger partial charge >= 0.3 is 0 Å². The first-order valence-electron chi connectivity index (χ1n) is 3.13. The lowest BCUT2D eigenvalue weighted by Crippen LogP contribution is -2.23. The van der Waals surface area contributed by atoms with Crippen LogP contribution in [0, 0.1) is 5.92 Å². The van der Waals surface area contributed by atoms with Crippen molar-refractivity contribution in [2.45, 2.75) is 25.4 Å². The summed E-state index contributed by atoms with van der Waals surface area (Å²) in [6, 6.07) is 0. The van der Waals surface area contributed by atoms with Crippen LogP contribution in [-0.4, -0.2) is 6.10 Å². The number of hydrogen-bond acceptors (Lipinski definition) is 0. The van der Waals surface area contributed by atoms with E-state index in [4.69, 9.17) is 0 Å². The third kappa shape index (κ3) is 0.920. The van der Waals surface area contributed by atoms with E-state index in [1.54, 1.807) is 0 Å². The highest BCUT2D eigenvalue weighted by atomic mass is 16.3. The summed E-state index contributed by atoms with van der Waals surface area (Å²) in [4.78, 5) is 0. The van der Waals surface area contributed by atoms with Crippen LogP contribution in [-0.2, 0) is 5.11 Å². The predicted molar refractivity (Wildman–Crippen MR) is 32.0 cm³/mol. The fraction of sp³-hybridized carbons (Fsp3) is 0.714. The molecule has 1 aliphatic carbocycles. The van der Waals surface area contributed by atoms with E-state index in [1.807, 2.05) is 0 Å². The average Bonchev–Trinajstić information content (AvgIpc) is 1.62. The molecule has 45 valence electrons. The molecule has 1 aliphatic rings. The summed E-state index contributed by atoms with van der Waals surface area (Å²) < 4.78 is 0. The second-order valence-corrected chi connectivity index (χ2v) is 2.39. The Morgan fingerprint density at radius 1 is 1.62 bits per heavy atom. The maximum atomic E-state index is 10.8. The molecule has 1 heteroatoms. The first-order chi connectivity index (χ1) is 3.84. The molecular formula is C7H11O. The van der Waals surface area contributed by atoms with Gasteiger partial charge in [-0.3, -0.25) is 0 Å². The lowest BCUT2D eigenvalue weighted by atomic mass is 9.81. The minimum Gasteiger partial charge on any atom is -0.228 e. The van der Waals surface area contributed by atoms with Gasteiger partial charge in [0.05, 0.1) is 0 Å². The molecule has 0 aromatic carbocycles. The Balaban J connectivity index is 2.22. The van der Waals surface area contributed by atoms with Gasteiger partial charge in [0.15, 0.2) is 0 Å². The van der Waals surface area contributed by atoms with Gasteiger partial charge in [0.2, 0.25) is 0 Å². The van der Waals surface area contributed by atoms with Crippen molar-refractivity contribution in [1.29, 1.82) is 0 Å². The molecular weight excluding hydrogens is 100 g/mol. The van der Waals surface area contributed by atoms with E-state index >= 15 is 0 Å². The van der Waals surface area contributed by atoms with E-state index in [1.165, 1.54) is 12.5 Å². The van der Waals surface area contributed by atoms with Gasteiger partial charge in [0.25, 0.3) is 0 Å².